The molecule has 12 heteroatoms. The number of rotatable bonds is 8. The molecule has 0 aromatic heterocycles. The molecule has 1 rings (SSSR count). The van der Waals surface area contributed by atoms with Crippen molar-refractivity contribution in [2.45, 2.75) is 13.2 Å². The van der Waals surface area contributed by atoms with E-state index in [4.69, 9.17) is 5.73 Å². The number of alkyl halides is 4. The number of anilines is 1. The van der Waals surface area contributed by atoms with E-state index in [0.717, 1.165) is 18.2 Å². The van der Waals surface area contributed by atoms with Crippen molar-refractivity contribution in [2.24, 2.45) is 5.73 Å². The Labute approximate surface area is 139 Å². The van der Waals surface area contributed by atoms with Gasteiger partial charge in [-0.05, 0) is 12.1 Å². The predicted octanol–water partition coefficient (Wildman–Crippen LogP) is 1.32. The number of carbonyl (C=O) groups is 2. The maximum Gasteiger partial charge on any atom is 0.387 e. The molecule has 0 aliphatic rings. The van der Waals surface area contributed by atoms with E-state index in [9.17, 15) is 27.2 Å². The summed E-state index contributed by atoms with van der Waals surface area (Å²) in [6, 6.07) is 2.84. The Bertz CT molecular complexity index is 563. The molecule has 0 saturated carbocycles. The largest absolute Gasteiger partial charge is 0.435 e. The molecule has 0 unspecified atom stereocenters. The lowest BCUT2D eigenvalue weighted by Gasteiger charge is -2.14. The molecule has 2 amide bonds. The molecule has 0 aliphatic carbocycles. The summed E-state index contributed by atoms with van der Waals surface area (Å²) in [5, 5.41) is 4.34. The van der Waals surface area contributed by atoms with Crippen molar-refractivity contribution in [3.8, 4) is 11.5 Å². The molecule has 0 fully saturated rings. The summed E-state index contributed by atoms with van der Waals surface area (Å²) >= 11 is 0. The highest BCUT2D eigenvalue weighted by atomic mass is 35.5. The maximum absolute atomic E-state index is 12.3. The van der Waals surface area contributed by atoms with Crippen LogP contribution in [0.2, 0.25) is 0 Å². The van der Waals surface area contributed by atoms with Gasteiger partial charge in [0.1, 0.15) is 5.75 Å². The lowest BCUT2D eigenvalue weighted by molar-refractivity contribution is -0.123. The highest BCUT2D eigenvalue weighted by Crippen LogP contribution is 2.31. The molecule has 1 aromatic rings. The molecule has 0 heterocycles. The van der Waals surface area contributed by atoms with E-state index in [1.54, 1.807) is 0 Å². The second kappa shape index (κ2) is 10.5. The van der Waals surface area contributed by atoms with E-state index in [2.05, 4.69) is 20.1 Å². The van der Waals surface area contributed by atoms with Crippen LogP contribution in [-0.2, 0) is 9.59 Å². The Morgan fingerprint density at radius 3 is 2.25 bits per heavy atom. The molecular weight excluding hydrogens is 362 g/mol. The Hall–Kier alpha value is -2.27. The Balaban J connectivity index is 0.00000529. The highest BCUT2D eigenvalue weighted by molar-refractivity contribution is 5.95. The molecule has 136 valence electrons. The summed E-state index contributed by atoms with van der Waals surface area (Å²) in [4.78, 5) is 22.5. The van der Waals surface area contributed by atoms with Crippen molar-refractivity contribution >= 4 is 29.9 Å². The average Bonchev–Trinajstić information content (AvgIpc) is 2.46. The van der Waals surface area contributed by atoms with Crippen LogP contribution >= 0.6 is 12.4 Å². The molecular formula is C12H14ClF4N3O4. The van der Waals surface area contributed by atoms with E-state index < -0.39 is 43.1 Å². The van der Waals surface area contributed by atoms with Gasteiger partial charge in [-0.1, -0.05) is 0 Å². The number of benzene rings is 1. The Morgan fingerprint density at radius 2 is 1.71 bits per heavy atom. The third-order valence-corrected chi connectivity index (χ3v) is 2.30. The van der Waals surface area contributed by atoms with E-state index in [1.807, 2.05) is 0 Å². The number of nitrogens with two attached hydrogens (primary N) is 1. The molecule has 0 saturated heterocycles. The molecule has 4 N–H and O–H groups in total. The summed E-state index contributed by atoms with van der Waals surface area (Å²) in [5.74, 6) is -2.35. The number of amides is 2. The first kappa shape index (κ1) is 21.7. The van der Waals surface area contributed by atoms with Gasteiger partial charge >= 0.3 is 13.2 Å². The molecule has 0 spiro atoms. The fourth-order valence-corrected chi connectivity index (χ4v) is 1.42. The van der Waals surface area contributed by atoms with E-state index in [1.165, 1.54) is 0 Å². The van der Waals surface area contributed by atoms with Crippen molar-refractivity contribution in [1.29, 1.82) is 0 Å². The summed E-state index contributed by atoms with van der Waals surface area (Å²) < 4.78 is 57.1. The minimum absolute atomic E-state index is 0. The standard InChI is InChI=1S/C12H13F4N3O4.ClH/c13-11(14)22-6-1-2-7(8(3-6)23-12(15)16)19-10(21)5-18-9(20)4-17;/h1-3,11-12H,4-5,17H2,(H,18,20)(H,19,21);1H. The van der Waals surface area contributed by atoms with Crippen LogP contribution in [0.1, 0.15) is 0 Å². The number of hydrogen-bond acceptors (Lipinski definition) is 5. The van der Waals surface area contributed by atoms with Crippen molar-refractivity contribution < 1.29 is 36.6 Å². The zero-order chi connectivity index (χ0) is 17.4. The van der Waals surface area contributed by atoms with E-state index in [-0.39, 0.29) is 24.6 Å². The van der Waals surface area contributed by atoms with Crippen LogP contribution in [0, 0.1) is 0 Å². The third-order valence-electron chi connectivity index (χ3n) is 2.30. The number of carbonyl (C=O) groups excluding carboxylic acids is 2. The number of hydrogen-bond donors (Lipinski definition) is 3. The highest BCUT2D eigenvalue weighted by Gasteiger charge is 2.15. The van der Waals surface area contributed by atoms with Crippen LogP contribution in [0.5, 0.6) is 11.5 Å². The van der Waals surface area contributed by atoms with Gasteiger partial charge < -0.3 is 25.8 Å². The summed E-state index contributed by atoms with van der Waals surface area (Å²) in [6.07, 6.45) is 0. The molecule has 1 aromatic carbocycles. The predicted molar refractivity (Wildman–Crippen MR) is 77.6 cm³/mol. The third kappa shape index (κ3) is 7.83. The topological polar surface area (TPSA) is 103 Å². The van der Waals surface area contributed by atoms with Crippen molar-refractivity contribution in [2.75, 3.05) is 18.4 Å². The molecule has 0 aliphatic heterocycles. The minimum atomic E-state index is -3.25. The summed E-state index contributed by atoms with van der Waals surface area (Å²) in [7, 11) is 0. The van der Waals surface area contributed by atoms with Crippen LogP contribution in [0.15, 0.2) is 18.2 Å². The van der Waals surface area contributed by atoms with E-state index >= 15 is 0 Å². The molecule has 7 nitrogen and oxygen atoms in total. The Morgan fingerprint density at radius 1 is 1.08 bits per heavy atom. The maximum atomic E-state index is 12.3. The van der Waals surface area contributed by atoms with Gasteiger partial charge in [0.2, 0.25) is 11.8 Å². The summed E-state index contributed by atoms with van der Waals surface area (Å²) in [5.41, 5.74) is 4.81. The molecule has 0 radical (unpaired) electrons. The van der Waals surface area contributed by atoms with Crippen molar-refractivity contribution in [3.05, 3.63) is 18.2 Å². The zero-order valence-corrected chi connectivity index (χ0v) is 12.7. The minimum Gasteiger partial charge on any atom is -0.435 e. The second-order valence-electron chi connectivity index (χ2n) is 3.94. The van der Waals surface area contributed by atoms with Gasteiger partial charge in [-0.15, -0.1) is 12.4 Å². The van der Waals surface area contributed by atoms with Crippen molar-refractivity contribution in [3.63, 3.8) is 0 Å². The Kier molecular flexibility index (Phi) is 9.50. The van der Waals surface area contributed by atoms with Crippen LogP contribution in [0.4, 0.5) is 23.2 Å². The van der Waals surface area contributed by atoms with Crippen LogP contribution in [-0.4, -0.2) is 38.1 Å². The van der Waals surface area contributed by atoms with E-state index in [0.29, 0.717) is 0 Å². The number of halogens is 5. The first-order valence-electron chi connectivity index (χ1n) is 6.12. The lowest BCUT2D eigenvalue weighted by atomic mass is 10.2. The van der Waals surface area contributed by atoms with Crippen LogP contribution < -0.4 is 25.8 Å². The van der Waals surface area contributed by atoms with Gasteiger partial charge in [0, 0.05) is 6.07 Å². The van der Waals surface area contributed by atoms with Crippen LogP contribution in [0.3, 0.4) is 0 Å². The quantitative estimate of drug-likeness (QED) is 0.595. The van der Waals surface area contributed by atoms with Gasteiger partial charge in [0.25, 0.3) is 0 Å². The summed E-state index contributed by atoms with van der Waals surface area (Å²) in [6.45, 7) is -7.18. The van der Waals surface area contributed by atoms with Gasteiger partial charge in [0.15, 0.2) is 5.75 Å². The fourth-order valence-electron chi connectivity index (χ4n) is 1.42. The first-order valence-corrected chi connectivity index (χ1v) is 6.12. The molecule has 0 bridgehead atoms. The first-order chi connectivity index (χ1) is 10.8. The molecule has 24 heavy (non-hydrogen) atoms. The normalized spacial score (nSPS) is 10.1. The fraction of sp³-hybridized carbons (Fsp3) is 0.333. The van der Waals surface area contributed by atoms with Gasteiger partial charge in [-0.25, -0.2) is 0 Å². The van der Waals surface area contributed by atoms with Crippen LogP contribution in [0.25, 0.3) is 0 Å². The second-order valence-corrected chi connectivity index (χ2v) is 3.94. The van der Waals surface area contributed by atoms with Gasteiger partial charge in [0.05, 0.1) is 18.8 Å². The SMILES string of the molecule is Cl.NCC(=O)NCC(=O)Nc1ccc(OC(F)F)cc1OC(F)F. The number of ether oxygens (including phenoxy) is 2. The zero-order valence-electron chi connectivity index (χ0n) is 11.9. The average molecular weight is 376 g/mol. The number of nitrogens with one attached hydrogen (secondary N) is 2. The lowest BCUT2D eigenvalue weighted by Crippen LogP contribution is -2.36. The van der Waals surface area contributed by atoms with Gasteiger partial charge in [-0.3, -0.25) is 9.59 Å². The smallest absolute Gasteiger partial charge is 0.387 e. The molecule has 0 atom stereocenters. The monoisotopic (exact) mass is 375 g/mol. The van der Waals surface area contributed by atoms with Gasteiger partial charge in [-0.2, -0.15) is 17.6 Å². The van der Waals surface area contributed by atoms with Crippen molar-refractivity contribution in [1.82, 2.24) is 5.32 Å².